The summed E-state index contributed by atoms with van der Waals surface area (Å²) >= 11 is 0. The number of nitrogens with one attached hydrogen (secondary N) is 2. The Bertz CT molecular complexity index is 474. The zero-order valence-corrected chi connectivity index (χ0v) is 18.4. The molecule has 1 saturated carbocycles. The van der Waals surface area contributed by atoms with E-state index in [0.29, 0.717) is 18.5 Å². The number of amides is 1. The standard InChI is InChI=1S/C19H34N4O2.HI/c1-2-20-18(23-12-8-19(14-23)9-13-25-15-19)22-11-10-21-17(24)16-6-4-3-5-7-16;/h16H,2-15H2,1H3,(H,20,22)(H,21,24);1H. The summed E-state index contributed by atoms with van der Waals surface area (Å²) in [7, 11) is 0. The highest BCUT2D eigenvalue weighted by Gasteiger charge is 2.42. The van der Waals surface area contributed by atoms with Gasteiger partial charge in [0, 0.05) is 44.1 Å². The molecule has 1 spiro atoms. The molecule has 1 unspecified atom stereocenters. The van der Waals surface area contributed by atoms with Crippen LogP contribution in [0.25, 0.3) is 0 Å². The van der Waals surface area contributed by atoms with Crippen molar-refractivity contribution in [2.45, 2.75) is 51.9 Å². The first-order valence-corrected chi connectivity index (χ1v) is 10.1. The highest BCUT2D eigenvalue weighted by Crippen LogP contribution is 2.38. The van der Waals surface area contributed by atoms with Crippen molar-refractivity contribution in [3.05, 3.63) is 0 Å². The van der Waals surface area contributed by atoms with Crippen LogP contribution in [0.3, 0.4) is 0 Å². The number of ether oxygens (including phenoxy) is 1. The van der Waals surface area contributed by atoms with Crippen LogP contribution in [0.2, 0.25) is 0 Å². The van der Waals surface area contributed by atoms with Crippen molar-refractivity contribution < 1.29 is 9.53 Å². The number of carbonyl (C=O) groups excluding carboxylic acids is 1. The molecular formula is C19H35IN4O2. The Kier molecular flexibility index (Phi) is 8.93. The monoisotopic (exact) mass is 478 g/mol. The molecule has 1 atom stereocenters. The van der Waals surface area contributed by atoms with Crippen LogP contribution in [-0.2, 0) is 9.53 Å². The van der Waals surface area contributed by atoms with Gasteiger partial charge in [-0.15, -0.1) is 24.0 Å². The molecule has 3 rings (SSSR count). The molecule has 0 aromatic heterocycles. The Labute approximate surface area is 174 Å². The highest BCUT2D eigenvalue weighted by molar-refractivity contribution is 14.0. The first-order chi connectivity index (χ1) is 12.2. The second-order valence-corrected chi connectivity index (χ2v) is 7.84. The first kappa shape index (κ1) is 21.7. The van der Waals surface area contributed by atoms with Gasteiger partial charge in [-0.1, -0.05) is 19.3 Å². The van der Waals surface area contributed by atoms with E-state index < -0.39 is 0 Å². The number of carbonyl (C=O) groups is 1. The maximum absolute atomic E-state index is 12.2. The number of halogens is 1. The van der Waals surface area contributed by atoms with Crippen molar-refractivity contribution in [3.63, 3.8) is 0 Å². The molecule has 0 radical (unpaired) electrons. The quantitative estimate of drug-likeness (QED) is 0.276. The average molecular weight is 478 g/mol. The van der Waals surface area contributed by atoms with Crippen LogP contribution in [-0.4, -0.2) is 62.7 Å². The molecule has 1 aliphatic carbocycles. The molecule has 26 heavy (non-hydrogen) atoms. The number of nitrogens with zero attached hydrogens (tertiary/aromatic N) is 2. The van der Waals surface area contributed by atoms with E-state index in [9.17, 15) is 4.79 Å². The fourth-order valence-electron chi connectivity index (χ4n) is 4.36. The highest BCUT2D eigenvalue weighted by atomic mass is 127. The lowest BCUT2D eigenvalue weighted by Crippen LogP contribution is -2.42. The van der Waals surface area contributed by atoms with Gasteiger partial charge in [-0.3, -0.25) is 9.79 Å². The van der Waals surface area contributed by atoms with Gasteiger partial charge >= 0.3 is 0 Å². The summed E-state index contributed by atoms with van der Waals surface area (Å²) < 4.78 is 5.62. The fourth-order valence-corrected chi connectivity index (χ4v) is 4.36. The average Bonchev–Trinajstić information content (AvgIpc) is 3.28. The predicted molar refractivity (Wildman–Crippen MR) is 115 cm³/mol. The van der Waals surface area contributed by atoms with Crippen molar-refractivity contribution in [1.29, 1.82) is 0 Å². The second-order valence-electron chi connectivity index (χ2n) is 7.84. The van der Waals surface area contributed by atoms with Gasteiger partial charge in [0.1, 0.15) is 0 Å². The maximum atomic E-state index is 12.2. The molecule has 3 fully saturated rings. The van der Waals surface area contributed by atoms with Gasteiger partial charge in [0.15, 0.2) is 5.96 Å². The van der Waals surface area contributed by atoms with Crippen LogP contribution in [0.5, 0.6) is 0 Å². The molecule has 2 N–H and O–H groups in total. The Hall–Kier alpha value is -0.570. The number of likely N-dealkylation sites (tertiary alicyclic amines) is 1. The number of hydrogen-bond donors (Lipinski definition) is 2. The minimum Gasteiger partial charge on any atom is -0.381 e. The Morgan fingerprint density at radius 3 is 2.73 bits per heavy atom. The number of aliphatic imine (C=N–C) groups is 1. The summed E-state index contributed by atoms with van der Waals surface area (Å²) in [4.78, 5) is 19.3. The van der Waals surface area contributed by atoms with Crippen molar-refractivity contribution in [2.75, 3.05) is 45.9 Å². The largest absolute Gasteiger partial charge is 0.381 e. The fraction of sp³-hybridized carbons (Fsp3) is 0.895. The molecule has 0 aromatic carbocycles. The van der Waals surface area contributed by atoms with Gasteiger partial charge in [0.2, 0.25) is 5.91 Å². The molecule has 150 valence electrons. The predicted octanol–water partition coefficient (Wildman–Crippen LogP) is 2.38. The number of guanidine groups is 1. The van der Waals surface area contributed by atoms with Crippen molar-refractivity contribution in [3.8, 4) is 0 Å². The van der Waals surface area contributed by atoms with Crippen molar-refractivity contribution >= 4 is 35.8 Å². The zero-order valence-electron chi connectivity index (χ0n) is 16.1. The Morgan fingerprint density at radius 1 is 1.23 bits per heavy atom. The van der Waals surface area contributed by atoms with E-state index in [2.05, 4.69) is 22.5 Å². The summed E-state index contributed by atoms with van der Waals surface area (Å²) in [6, 6.07) is 0. The van der Waals surface area contributed by atoms with Crippen molar-refractivity contribution in [1.82, 2.24) is 15.5 Å². The van der Waals surface area contributed by atoms with Crippen LogP contribution in [0.1, 0.15) is 51.9 Å². The van der Waals surface area contributed by atoms with Gasteiger partial charge in [0.05, 0.1) is 13.2 Å². The molecule has 1 amide bonds. The first-order valence-electron chi connectivity index (χ1n) is 10.1. The lowest BCUT2D eigenvalue weighted by atomic mass is 9.87. The number of rotatable bonds is 5. The summed E-state index contributed by atoms with van der Waals surface area (Å²) in [5, 5.41) is 6.48. The van der Waals surface area contributed by atoms with Crippen LogP contribution < -0.4 is 10.6 Å². The zero-order chi connectivity index (χ0) is 17.5. The molecule has 3 aliphatic rings. The molecule has 2 heterocycles. The van der Waals surface area contributed by atoms with E-state index in [1.165, 1.54) is 32.1 Å². The van der Waals surface area contributed by atoms with Gasteiger partial charge in [-0.2, -0.15) is 0 Å². The Morgan fingerprint density at radius 2 is 2.04 bits per heavy atom. The molecule has 7 heteroatoms. The SMILES string of the molecule is CCNC(=NCCNC(=O)C1CCCCC1)N1CCC2(CCOC2)C1.I. The molecule has 2 saturated heterocycles. The summed E-state index contributed by atoms with van der Waals surface area (Å²) in [5.41, 5.74) is 0.339. The molecular weight excluding hydrogens is 443 g/mol. The van der Waals surface area contributed by atoms with Crippen molar-refractivity contribution in [2.24, 2.45) is 16.3 Å². The lowest BCUT2D eigenvalue weighted by Gasteiger charge is -2.25. The lowest BCUT2D eigenvalue weighted by molar-refractivity contribution is -0.125. The van der Waals surface area contributed by atoms with E-state index in [0.717, 1.165) is 51.6 Å². The normalized spacial score (nSPS) is 26.8. The van der Waals surface area contributed by atoms with Crippen LogP contribution in [0.4, 0.5) is 0 Å². The van der Waals surface area contributed by atoms with Gasteiger partial charge in [-0.25, -0.2) is 0 Å². The smallest absolute Gasteiger partial charge is 0.223 e. The third-order valence-electron chi connectivity index (χ3n) is 5.91. The second kappa shape index (κ2) is 10.7. The van der Waals surface area contributed by atoms with Gasteiger partial charge < -0.3 is 20.3 Å². The van der Waals surface area contributed by atoms with E-state index in [1.54, 1.807) is 0 Å². The van der Waals surface area contributed by atoms with Gasteiger partial charge in [-0.05, 0) is 32.6 Å². The van der Waals surface area contributed by atoms with Crippen LogP contribution >= 0.6 is 24.0 Å². The minimum absolute atomic E-state index is 0. The minimum atomic E-state index is 0. The van der Waals surface area contributed by atoms with Crippen LogP contribution in [0, 0.1) is 11.3 Å². The third kappa shape index (κ3) is 5.71. The molecule has 0 bridgehead atoms. The van der Waals surface area contributed by atoms with E-state index in [4.69, 9.17) is 9.73 Å². The third-order valence-corrected chi connectivity index (χ3v) is 5.91. The molecule has 6 nitrogen and oxygen atoms in total. The van der Waals surface area contributed by atoms with Gasteiger partial charge in [0.25, 0.3) is 0 Å². The molecule has 0 aromatic rings. The summed E-state index contributed by atoms with van der Waals surface area (Å²) in [5.74, 6) is 1.44. The summed E-state index contributed by atoms with van der Waals surface area (Å²) in [6.07, 6.45) is 8.13. The van der Waals surface area contributed by atoms with E-state index >= 15 is 0 Å². The maximum Gasteiger partial charge on any atom is 0.223 e. The van der Waals surface area contributed by atoms with E-state index in [1.807, 2.05) is 0 Å². The number of hydrogen-bond acceptors (Lipinski definition) is 3. The summed E-state index contributed by atoms with van der Waals surface area (Å²) in [6.45, 7) is 8.11. The molecule has 2 aliphatic heterocycles. The topological polar surface area (TPSA) is 66.0 Å². The van der Waals surface area contributed by atoms with E-state index in [-0.39, 0.29) is 35.8 Å². The van der Waals surface area contributed by atoms with Crippen LogP contribution in [0.15, 0.2) is 4.99 Å². The Balaban J connectivity index is 0.00000243.